The average molecular weight is 233 g/mol. The van der Waals surface area contributed by atoms with Crippen LogP contribution in [0.25, 0.3) is 0 Å². The molecular weight excluding hydrogens is 214 g/mol. The highest BCUT2D eigenvalue weighted by molar-refractivity contribution is 5.82. The predicted molar refractivity (Wildman–Crippen MR) is 70.1 cm³/mol. The van der Waals surface area contributed by atoms with Crippen molar-refractivity contribution in [3.05, 3.63) is 23.8 Å². The van der Waals surface area contributed by atoms with Crippen LogP contribution in [0, 0.1) is 0 Å². The summed E-state index contributed by atoms with van der Waals surface area (Å²) in [6, 6.07) is 6.07. The van der Waals surface area contributed by atoms with E-state index in [9.17, 15) is 4.79 Å². The number of nitrogens with zero attached hydrogens (tertiary/aromatic N) is 1. The molecule has 2 rings (SSSR count). The van der Waals surface area contributed by atoms with Gasteiger partial charge < -0.3 is 16.0 Å². The van der Waals surface area contributed by atoms with Crippen molar-refractivity contribution >= 4 is 17.3 Å². The van der Waals surface area contributed by atoms with Crippen LogP contribution in [-0.2, 0) is 11.2 Å². The van der Waals surface area contributed by atoms with Gasteiger partial charge in [-0.25, -0.2) is 0 Å². The van der Waals surface area contributed by atoms with Crippen LogP contribution in [0.5, 0.6) is 0 Å². The number of benzene rings is 1. The Labute approximate surface area is 102 Å². The number of amides is 1. The summed E-state index contributed by atoms with van der Waals surface area (Å²) in [7, 11) is 0. The first-order valence-electron chi connectivity index (χ1n) is 5.99. The summed E-state index contributed by atoms with van der Waals surface area (Å²) in [5.41, 5.74) is 8.91. The quantitative estimate of drug-likeness (QED) is 0.770. The molecule has 1 aromatic carbocycles. The molecule has 0 atom stereocenters. The number of nitrogen functional groups attached to an aromatic ring is 1. The van der Waals surface area contributed by atoms with Crippen LogP contribution in [-0.4, -0.2) is 25.0 Å². The molecule has 17 heavy (non-hydrogen) atoms. The van der Waals surface area contributed by atoms with Crippen molar-refractivity contribution in [3.63, 3.8) is 0 Å². The molecule has 1 aliphatic rings. The third-order valence-electron chi connectivity index (χ3n) is 2.88. The third-order valence-corrected chi connectivity index (χ3v) is 2.88. The Hall–Kier alpha value is -1.71. The van der Waals surface area contributed by atoms with E-state index in [0.717, 1.165) is 24.3 Å². The van der Waals surface area contributed by atoms with Crippen molar-refractivity contribution < 1.29 is 4.79 Å². The normalized spacial score (nSPS) is 13.9. The Balaban J connectivity index is 2.05. The number of hydrogen-bond acceptors (Lipinski definition) is 3. The largest absolute Gasteiger partial charge is 0.399 e. The van der Waals surface area contributed by atoms with Crippen molar-refractivity contribution in [3.8, 4) is 0 Å². The van der Waals surface area contributed by atoms with Crippen LogP contribution in [0.2, 0.25) is 0 Å². The predicted octanol–water partition coefficient (Wildman–Crippen LogP) is 1.16. The minimum Gasteiger partial charge on any atom is -0.399 e. The van der Waals surface area contributed by atoms with Crippen molar-refractivity contribution in [2.24, 2.45) is 0 Å². The second-order valence-electron chi connectivity index (χ2n) is 4.78. The van der Waals surface area contributed by atoms with Crippen LogP contribution in [0.4, 0.5) is 11.4 Å². The van der Waals surface area contributed by atoms with E-state index in [2.05, 4.69) is 10.2 Å². The smallest absolute Gasteiger partial charge is 0.239 e. The Bertz CT molecular complexity index is 429. The number of rotatable bonds is 3. The van der Waals surface area contributed by atoms with Gasteiger partial charge in [0, 0.05) is 24.0 Å². The van der Waals surface area contributed by atoms with E-state index in [4.69, 9.17) is 5.73 Å². The summed E-state index contributed by atoms with van der Waals surface area (Å²) in [5.74, 6) is 0.0738. The van der Waals surface area contributed by atoms with E-state index in [0.29, 0.717) is 6.54 Å². The van der Waals surface area contributed by atoms with Crippen LogP contribution < -0.4 is 16.0 Å². The van der Waals surface area contributed by atoms with E-state index in [1.54, 1.807) is 0 Å². The highest BCUT2D eigenvalue weighted by Crippen LogP contribution is 2.29. The molecule has 1 heterocycles. The molecule has 1 aliphatic heterocycles. The zero-order valence-corrected chi connectivity index (χ0v) is 10.4. The summed E-state index contributed by atoms with van der Waals surface area (Å²) < 4.78 is 0. The monoisotopic (exact) mass is 233 g/mol. The van der Waals surface area contributed by atoms with E-state index >= 15 is 0 Å². The van der Waals surface area contributed by atoms with E-state index in [1.165, 1.54) is 5.56 Å². The SMILES string of the molecule is CC(C)NC(=O)CN1CCc2cc(N)ccc21. The highest BCUT2D eigenvalue weighted by atomic mass is 16.2. The molecule has 0 fully saturated rings. The first-order valence-corrected chi connectivity index (χ1v) is 5.99. The third kappa shape index (κ3) is 2.70. The zero-order chi connectivity index (χ0) is 12.4. The van der Waals surface area contributed by atoms with Gasteiger partial charge in [-0.2, -0.15) is 0 Å². The number of nitrogens with two attached hydrogens (primary N) is 1. The van der Waals surface area contributed by atoms with Gasteiger partial charge in [-0.1, -0.05) is 0 Å². The lowest BCUT2D eigenvalue weighted by molar-refractivity contribution is -0.120. The molecule has 1 amide bonds. The summed E-state index contributed by atoms with van der Waals surface area (Å²) in [4.78, 5) is 13.8. The maximum Gasteiger partial charge on any atom is 0.239 e. The number of nitrogens with one attached hydrogen (secondary N) is 1. The summed E-state index contributed by atoms with van der Waals surface area (Å²) >= 11 is 0. The van der Waals surface area contributed by atoms with Gasteiger partial charge in [0.15, 0.2) is 0 Å². The minimum absolute atomic E-state index is 0.0738. The number of carbonyl (C=O) groups is 1. The molecule has 4 nitrogen and oxygen atoms in total. The molecule has 0 aromatic heterocycles. The first kappa shape index (κ1) is 11.8. The maximum absolute atomic E-state index is 11.7. The average Bonchev–Trinajstić information content (AvgIpc) is 2.59. The number of fused-ring (bicyclic) bond motifs is 1. The molecule has 0 unspecified atom stereocenters. The lowest BCUT2D eigenvalue weighted by atomic mass is 10.1. The molecule has 4 heteroatoms. The van der Waals surface area contributed by atoms with Crippen LogP contribution in [0.15, 0.2) is 18.2 Å². The maximum atomic E-state index is 11.7. The van der Waals surface area contributed by atoms with Crippen molar-refractivity contribution in [2.45, 2.75) is 26.3 Å². The number of anilines is 2. The Kier molecular flexibility index (Phi) is 3.22. The lowest BCUT2D eigenvalue weighted by Crippen LogP contribution is -2.39. The molecule has 0 bridgehead atoms. The van der Waals surface area contributed by atoms with Gasteiger partial charge in [0.2, 0.25) is 5.91 Å². The van der Waals surface area contributed by atoms with E-state index in [1.807, 2.05) is 32.0 Å². The number of carbonyl (C=O) groups excluding carboxylic acids is 1. The summed E-state index contributed by atoms with van der Waals surface area (Å²) in [6.07, 6.45) is 0.968. The molecular formula is C13H19N3O. The lowest BCUT2D eigenvalue weighted by Gasteiger charge is -2.19. The van der Waals surface area contributed by atoms with Gasteiger partial charge in [-0.05, 0) is 44.0 Å². The van der Waals surface area contributed by atoms with Gasteiger partial charge in [0.25, 0.3) is 0 Å². The molecule has 0 aliphatic carbocycles. The number of hydrogen-bond donors (Lipinski definition) is 2. The van der Waals surface area contributed by atoms with Gasteiger partial charge in [-0.15, -0.1) is 0 Å². The molecule has 92 valence electrons. The van der Waals surface area contributed by atoms with Crippen molar-refractivity contribution in [1.82, 2.24) is 5.32 Å². The fourth-order valence-corrected chi connectivity index (χ4v) is 2.20. The van der Waals surface area contributed by atoms with Crippen molar-refractivity contribution in [1.29, 1.82) is 0 Å². The molecule has 0 spiro atoms. The van der Waals surface area contributed by atoms with Gasteiger partial charge in [0.1, 0.15) is 0 Å². The molecule has 0 radical (unpaired) electrons. The van der Waals surface area contributed by atoms with Crippen LogP contribution in [0.3, 0.4) is 0 Å². The van der Waals surface area contributed by atoms with E-state index < -0.39 is 0 Å². The topological polar surface area (TPSA) is 58.4 Å². The van der Waals surface area contributed by atoms with Crippen molar-refractivity contribution in [2.75, 3.05) is 23.7 Å². The van der Waals surface area contributed by atoms with Crippen LogP contribution >= 0.6 is 0 Å². The highest BCUT2D eigenvalue weighted by Gasteiger charge is 2.21. The summed E-state index contributed by atoms with van der Waals surface area (Å²) in [5, 5.41) is 2.91. The Morgan fingerprint density at radius 2 is 2.29 bits per heavy atom. The van der Waals surface area contributed by atoms with Crippen LogP contribution in [0.1, 0.15) is 19.4 Å². The Morgan fingerprint density at radius 3 is 3.00 bits per heavy atom. The fourth-order valence-electron chi connectivity index (χ4n) is 2.20. The fraction of sp³-hybridized carbons (Fsp3) is 0.462. The minimum atomic E-state index is 0.0738. The van der Waals surface area contributed by atoms with E-state index in [-0.39, 0.29) is 11.9 Å². The molecule has 0 saturated heterocycles. The van der Waals surface area contributed by atoms with Gasteiger partial charge in [-0.3, -0.25) is 4.79 Å². The zero-order valence-electron chi connectivity index (χ0n) is 10.4. The van der Waals surface area contributed by atoms with Gasteiger partial charge in [0.05, 0.1) is 6.54 Å². The first-order chi connectivity index (χ1) is 8.06. The molecule has 3 N–H and O–H groups in total. The molecule has 1 aromatic rings. The molecule has 0 saturated carbocycles. The Morgan fingerprint density at radius 1 is 1.53 bits per heavy atom. The summed E-state index contributed by atoms with van der Waals surface area (Å²) in [6.45, 7) is 5.26. The second kappa shape index (κ2) is 4.65. The standard InChI is InChI=1S/C13H19N3O/c1-9(2)15-13(17)8-16-6-5-10-7-11(14)3-4-12(10)16/h3-4,7,9H,5-6,8,14H2,1-2H3,(H,15,17). The van der Waals surface area contributed by atoms with Gasteiger partial charge >= 0.3 is 0 Å². The second-order valence-corrected chi connectivity index (χ2v) is 4.78.